The van der Waals surface area contributed by atoms with Crippen molar-refractivity contribution in [1.29, 1.82) is 0 Å². The van der Waals surface area contributed by atoms with Crippen molar-refractivity contribution in [3.63, 3.8) is 0 Å². The summed E-state index contributed by atoms with van der Waals surface area (Å²) >= 11 is 6.11. The molecule has 0 bridgehead atoms. The Morgan fingerprint density at radius 1 is 0.968 bits per heavy atom. The molecule has 0 unspecified atom stereocenters. The van der Waals surface area contributed by atoms with Gasteiger partial charge in [-0.05, 0) is 49.4 Å². The fourth-order valence-electron chi connectivity index (χ4n) is 2.76. The summed E-state index contributed by atoms with van der Waals surface area (Å²) in [5.41, 5.74) is 1.79. The number of benzene rings is 3. The zero-order valence-electron chi connectivity index (χ0n) is 16.7. The molecule has 0 aliphatic carbocycles. The molecule has 2 N–H and O–H groups in total. The van der Waals surface area contributed by atoms with Crippen LogP contribution >= 0.6 is 11.6 Å². The van der Waals surface area contributed by atoms with E-state index in [1.807, 2.05) is 6.92 Å². The molecule has 0 atom stereocenters. The maximum absolute atomic E-state index is 12.8. The van der Waals surface area contributed by atoms with Crippen LogP contribution in [0.15, 0.2) is 71.6 Å². The molecule has 0 aliphatic heterocycles. The van der Waals surface area contributed by atoms with Crippen molar-refractivity contribution in [3.05, 3.63) is 88.4 Å². The van der Waals surface area contributed by atoms with E-state index in [9.17, 15) is 18.0 Å². The fourth-order valence-corrected chi connectivity index (χ4v) is 4.34. The van der Waals surface area contributed by atoms with Crippen LogP contribution in [0.1, 0.15) is 26.3 Å². The number of nitrogens with one attached hydrogen (secondary N) is 2. The largest absolute Gasteiger partial charge is 0.465 e. The monoisotopic (exact) mass is 458 g/mol. The highest BCUT2D eigenvalue weighted by Crippen LogP contribution is 2.26. The minimum absolute atomic E-state index is 0.0360. The van der Waals surface area contributed by atoms with Crippen LogP contribution in [0.4, 0.5) is 11.4 Å². The van der Waals surface area contributed by atoms with E-state index in [2.05, 4.69) is 10.0 Å². The second-order valence-electron chi connectivity index (χ2n) is 6.61. The number of carbonyl (C=O) groups excluding carboxylic acids is 2. The van der Waals surface area contributed by atoms with E-state index >= 15 is 0 Å². The van der Waals surface area contributed by atoms with Crippen LogP contribution in [0.5, 0.6) is 0 Å². The van der Waals surface area contributed by atoms with Gasteiger partial charge in [-0.15, -0.1) is 0 Å². The van der Waals surface area contributed by atoms with Crippen molar-refractivity contribution in [3.8, 4) is 0 Å². The second kappa shape index (κ2) is 9.20. The Kier molecular flexibility index (Phi) is 6.62. The number of ether oxygens (including phenoxy) is 1. The van der Waals surface area contributed by atoms with Gasteiger partial charge in [0.25, 0.3) is 15.9 Å². The van der Waals surface area contributed by atoms with Crippen LogP contribution in [0.25, 0.3) is 0 Å². The third-order valence-corrected chi connectivity index (χ3v) is 6.23. The molecule has 1 amide bonds. The van der Waals surface area contributed by atoms with Gasteiger partial charge in [-0.2, -0.15) is 0 Å². The molecule has 160 valence electrons. The Labute approximate surface area is 185 Å². The number of halogens is 1. The van der Waals surface area contributed by atoms with E-state index in [0.717, 1.165) is 5.56 Å². The number of esters is 1. The van der Waals surface area contributed by atoms with Gasteiger partial charge >= 0.3 is 5.97 Å². The van der Waals surface area contributed by atoms with E-state index in [-0.39, 0.29) is 26.7 Å². The number of sulfonamides is 1. The predicted molar refractivity (Wildman–Crippen MR) is 119 cm³/mol. The summed E-state index contributed by atoms with van der Waals surface area (Å²) in [6, 6.07) is 17.0. The summed E-state index contributed by atoms with van der Waals surface area (Å²) in [5.74, 6) is -1.22. The summed E-state index contributed by atoms with van der Waals surface area (Å²) in [6.07, 6.45) is 0. The molecule has 0 aromatic heterocycles. The van der Waals surface area contributed by atoms with Gasteiger partial charge in [-0.3, -0.25) is 9.52 Å². The van der Waals surface area contributed by atoms with E-state index in [4.69, 9.17) is 16.3 Å². The summed E-state index contributed by atoms with van der Waals surface area (Å²) in [4.78, 5) is 24.4. The number of methoxy groups -OCH3 is 1. The Balaban J connectivity index is 1.89. The number of carbonyl (C=O) groups is 2. The second-order valence-corrected chi connectivity index (χ2v) is 8.67. The van der Waals surface area contributed by atoms with Crippen molar-refractivity contribution in [2.24, 2.45) is 0 Å². The molecule has 0 fully saturated rings. The normalized spacial score (nSPS) is 10.9. The highest BCUT2D eigenvalue weighted by atomic mass is 35.5. The average Bonchev–Trinajstić information content (AvgIpc) is 2.75. The summed E-state index contributed by atoms with van der Waals surface area (Å²) < 4.78 is 32.8. The average molecular weight is 459 g/mol. The number of hydrogen-bond acceptors (Lipinski definition) is 5. The first-order valence-corrected chi connectivity index (χ1v) is 10.9. The van der Waals surface area contributed by atoms with E-state index in [0.29, 0.717) is 5.69 Å². The minimum atomic E-state index is -4.05. The zero-order chi connectivity index (χ0) is 22.6. The molecule has 31 heavy (non-hydrogen) atoms. The number of hydrogen-bond donors (Lipinski definition) is 2. The lowest BCUT2D eigenvalue weighted by molar-refractivity contribution is 0.0602. The molecule has 3 aromatic carbocycles. The van der Waals surface area contributed by atoms with Gasteiger partial charge in [0.1, 0.15) is 4.90 Å². The van der Waals surface area contributed by atoms with Crippen molar-refractivity contribution >= 4 is 44.9 Å². The number of rotatable bonds is 6. The molecule has 0 heterocycles. The Hall–Kier alpha value is -3.36. The lowest BCUT2D eigenvalue weighted by atomic mass is 10.1. The highest BCUT2D eigenvalue weighted by molar-refractivity contribution is 7.92. The van der Waals surface area contributed by atoms with Gasteiger partial charge in [0.2, 0.25) is 0 Å². The summed E-state index contributed by atoms with van der Waals surface area (Å²) in [5, 5.41) is 2.56. The molecule has 7 nitrogen and oxygen atoms in total. The molecular weight excluding hydrogens is 440 g/mol. The minimum Gasteiger partial charge on any atom is -0.465 e. The highest BCUT2D eigenvalue weighted by Gasteiger charge is 2.21. The van der Waals surface area contributed by atoms with Gasteiger partial charge in [0, 0.05) is 11.3 Å². The van der Waals surface area contributed by atoms with Crippen molar-refractivity contribution in [2.45, 2.75) is 11.8 Å². The van der Waals surface area contributed by atoms with Crippen LogP contribution < -0.4 is 10.0 Å². The lowest BCUT2D eigenvalue weighted by Gasteiger charge is -2.12. The standard InChI is InChI=1S/C22H19ClN2O5S/c1-14-7-10-16(11-8-14)25-31(28,29)20-13-15(9-12-18(20)23)21(26)24-19-6-4-3-5-17(19)22(27)30-2/h3-13,25H,1-2H3,(H,24,26). The smallest absolute Gasteiger partial charge is 0.339 e. The number of anilines is 2. The summed E-state index contributed by atoms with van der Waals surface area (Å²) in [6.45, 7) is 1.88. The van der Waals surface area contributed by atoms with Gasteiger partial charge in [0.05, 0.1) is 23.4 Å². The van der Waals surface area contributed by atoms with Crippen LogP contribution in [-0.2, 0) is 14.8 Å². The number of para-hydroxylation sites is 1. The predicted octanol–water partition coefficient (Wildman–Crippen LogP) is 4.49. The molecule has 0 radical (unpaired) electrons. The number of amides is 1. The maximum Gasteiger partial charge on any atom is 0.339 e. The Morgan fingerprint density at radius 3 is 2.32 bits per heavy atom. The molecule has 3 aromatic rings. The summed E-state index contributed by atoms with van der Waals surface area (Å²) in [7, 11) is -2.81. The molecule has 9 heteroatoms. The van der Waals surface area contributed by atoms with Gasteiger partial charge < -0.3 is 10.1 Å². The Morgan fingerprint density at radius 2 is 1.65 bits per heavy atom. The maximum atomic E-state index is 12.8. The lowest BCUT2D eigenvalue weighted by Crippen LogP contribution is -2.17. The SMILES string of the molecule is COC(=O)c1ccccc1NC(=O)c1ccc(Cl)c(S(=O)(=O)Nc2ccc(C)cc2)c1. The molecule has 0 saturated heterocycles. The van der Waals surface area contributed by atoms with Gasteiger partial charge in [-0.1, -0.05) is 41.4 Å². The molecule has 3 rings (SSSR count). The zero-order valence-corrected chi connectivity index (χ0v) is 18.3. The van der Waals surface area contributed by atoms with Gasteiger partial charge in [0.15, 0.2) is 0 Å². The number of aryl methyl sites for hydroxylation is 1. The van der Waals surface area contributed by atoms with E-state index in [1.54, 1.807) is 36.4 Å². The van der Waals surface area contributed by atoms with E-state index in [1.165, 1.54) is 37.4 Å². The van der Waals surface area contributed by atoms with Crippen LogP contribution in [0.2, 0.25) is 5.02 Å². The third kappa shape index (κ3) is 5.22. The molecule has 0 saturated carbocycles. The van der Waals surface area contributed by atoms with Crippen molar-refractivity contribution < 1.29 is 22.7 Å². The first kappa shape index (κ1) is 22.3. The molecule has 0 aliphatic rings. The molecular formula is C22H19ClN2O5S. The quantitative estimate of drug-likeness (QED) is 0.530. The fraction of sp³-hybridized carbons (Fsp3) is 0.0909. The van der Waals surface area contributed by atoms with Crippen molar-refractivity contribution in [1.82, 2.24) is 0 Å². The van der Waals surface area contributed by atoms with Crippen LogP contribution in [0, 0.1) is 6.92 Å². The van der Waals surface area contributed by atoms with Gasteiger partial charge in [-0.25, -0.2) is 13.2 Å². The first-order chi connectivity index (χ1) is 14.7. The third-order valence-electron chi connectivity index (χ3n) is 4.37. The topological polar surface area (TPSA) is 102 Å². The molecule has 0 spiro atoms. The Bertz CT molecular complexity index is 1240. The van der Waals surface area contributed by atoms with Crippen LogP contribution in [-0.4, -0.2) is 27.4 Å². The van der Waals surface area contributed by atoms with Crippen LogP contribution in [0.3, 0.4) is 0 Å². The first-order valence-electron chi connectivity index (χ1n) is 9.09. The van der Waals surface area contributed by atoms with E-state index < -0.39 is 21.9 Å². The van der Waals surface area contributed by atoms with Crippen molar-refractivity contribution in [2.75, 3.05) is 17.1 Å².